The summed E-state index contributed by atoms with van der Waals surface area (Å²) >= 11 is 0. The standard InChI is InChI=1S/C24H26N4O4S/c1-17-9-10-19(22-25-23(32-26-22)24(29)27-12-5-2-6-13-27)15-21(17)33(30,31)28-14-11-18-7-3-4-8-20(18)16-28/h3-4,7-10,15H,2,5-6,11-14,16H2,1H3. The molecule has 0 atom stereocenters. The van der Waals surface area contributed by atoms with Crippen LogP contribution in [0, 0.1) is 6.92 Å². The molecule has 0 aliphatic carbocycles. The van der Waals surface area contributed by atoms with Gasteiger partial charge in [0.25, 0.3) is 0 Å². The summed E-state index contributed by atoms with van der Waals surface area (Å²) in [6.07, 6.45) is 3.73. The van der Waals surface area contributed by atoms with Crippen molar-refractivity contribution >= 4 is 15.9 Å². The molecule has 172 valence electrons. The fourth-order valence-corrected chi connectivity index (χ4v) is 6.16. The van der Waals surface area contributed by atoms with E-state index in [1.807, 2.05) is 24.3 Å². The summed E-state index contributed by atoms with van der Waals surface area (Å²) in [6, 6.07) is 13.0. The summed E-state index contributed by atoms with van der Waals surface area (Å²) in [5.41, 5.74) is 3.36. The van der Waals surface area contributed by atoms with E-state index >= 15 is 0 Å². The molecule has 2 aliphatic heterocycles. The summed E-state index contributed by atoms with van der Waals surface area (Å²) in [5.74, 6) is -0.138. The number of likely N-dealkylation sites (tertiary alicyclic amines) is 1. The molecule has 33 heavy (non-hydrogen) atoms. The highest BCUT2D eigenvalue weighted by Crippen LogP contribution is 2.29. The van der Waals surface area contributed by atoms with E-state index in [2.05, 4.69) is 10.1 Å². The molecule has 1 amide bonds. The van der Waals surface area contributed by atoms with Crippen LogP contribution >= 0.6 is 0 Å². The van der Waals surface area contributed by atoms with Crippen LogP contribution in [0.4, 0.5) is 0 Å². The lowest BCUT2D eigenvalue weighted by molar-refractivity contribution is 0.0674. The average molecular weight is 467 g/mol. The average Bonchev–Trinajstić information content (AvgIpc) is 3.34. The molecule has 9 heteroatoms. The highest BCUT2D eigenvalue weighted by molar-refractivity contribution is 7.89. The molecule has 3 aromatic rings. The smallest absolute Gasteiger partial charge is 0.316 e. The van der Waals surface area contributed by atoms with Crippen LogP contribution in [0.25, 0.3) is 11.4 Å². The van der Waals surface area contributed by atoms with Gasteiger partial charge in [0.1, 0.15) is 0 Å². The summed E-state index contributed by atoms with van der Waals surface area (Å²) in [5, 5.41) is 3.96. The number of nitrogens with zero attached hydrogens (tertiary/aromatic N) is 4. The van der Waals surface area contributed by atoms with Crippen molar-refractivity contribution in [1.29, 1.82) is 0 Å². The molecule has 1 aromatic heterocycles. The number of piperidine rings is 1. The molecule has 2 aliphatic rings. The highest BCUT2D eigenvalue weighted by atomic mass is 32.2. The van der Waals surface area contributed by atoms with Crippen LogP contribution in [-0.2, 0) is 23.0 Å². The number of sulfonamides is 1. The molecule has 0 saturated carbocycles. The van der Waals surface area contributed by atoms with Gasteiger partial charge in [-0.05, 0) is 55.4 Å². The second-order valence-corrected chi connectivity index (χ2v) is 10.5. The predicted octanol–water partition coefficient (Wildman–Crippen LogP) is 3.42. The van der Waals surface area contributed by atoms with Gasteiger partial charge < -0.3 is 9.42 Å². The number of rotatable bonds is 4. The Hall–Kier alpha value is -3.04. The van der Waals surface area contributed by atoms with Crippen molar-refractivity contribution in [2.75, 3.05) is 19.6 Å². The summed E-state index contributed by atoms with van der Waals surface area (Å²) in [6.45, 7) is 3.92. The van der Waals surface area contributed by atoms with Crippen LogP contribution in [0.3, 0.4) is 0 Å². The first-order valence-corrected chi connectivity index (χ1v) is 12.7. The molecule has 3 heterocycles. The third-order valence-electron chi connectivity index (χ3n) is 6.41. The van der Waals surface area contributed by atoms with Gasteiger partial charge in [-0.3, -0.25) is 4.79 Å². The first-order valence-electron chi connectivity index (χ1n) is 11.2. The molecule has 2 aromatic carbocycles. The van der Waals surface area contributed by atoms with E-state index in [0.717, 1.165) is 24.8 Å². The first-order chi connectivity index (χ1) is 15.9. The third kappa shape index (κ3) is 4.18. The van der Waals surface area contributed by atoms with Crippen molar-refractivity contribution < 1.29 is 17.7 Å². The molecule has 0 radical (unpaired) electrons. The number of amides is 1. The minimum Gasteiger partial charge on any atom is -0.334 e. The van der Waals surface area contributed by atoms with Gasteiger partial charge in [0, 0.05) is 31.7 Å². The normalized spacial score (nSPS) is 17.1. The summed E-state index contributed by atoms with van der Waals surface area (Å²) in [7, 11) is -3.72. The quantitative estimate of drug-likeness (QED) is 0.585. The van der Waals surface area contributed by atoms with Crippen LogP contribution < -0.4 is 0 Å². The lowest BCUT2D eigenvalue weighted by atomic mass is 10.0. The number of hydrogen-bond acceptors (Lipinski definition) is 6. The summed E-state index contributed by atoms with van der Waals surface area (Å²) < 4.78 is 33.8. The van der Waals surface area contributed by atoms with E-state index in [9.17, 15) is 13.2 Å². The number of aromatic nitrogens is 2. The molecular formula is C24H26N4O4S. The number of carbonyl (C=O) groups is 1. The Morgan fingerprint density at radius 2 is 1.76 bits per heavy atom. The van der Waals surface area contributed by atoms with E-state index in [1.54, 1.807) is 30.0 Å². The Morgan fingerprint density at radius 1 is 1.00 bits per heavy atom. The lowest BCUT2D eigenvalue weighted by Crippen LogP contribution is -2.36. The minimum absolute atomic E-state index is 0.0653. The molecular weight excluding hydrogens is 440 g/mol. The van der Waals surface area contributed by atoms with Crippen molar-refractivity contribution in [3.05, 3.63) is 65.0 Å². The zero-order chi connectivity index (χ0) is 23.0. The monoisotopic (exact) mass is 466 g/mol. The minimum atomic E-state index is -3.72. The van der Waals surface area contributed by atoms with E-state index in [4.69, 9.17) is 4.52 Å². The number of benzene rings is 2. The fraction of sp³-hybridized carbons (Fsp3) is 0.375. The van der Waals surface area contributed by atoms with Crippen LogP contribution in [0.1, 0.15) is 46.6 Å². The number of carbonyl (C=O) groups excluding carboxylic acids is 1. The largest absolute Gasteiger partial charge is 0.334 e. The van der Waals surface area contributed by atoms with Crippen molar-refractivity contribution in [2.45, 2.75) is 44.0 Å². The van der Waals surface area contributed by atoms with Gasteiger partial charge in [-0.15, -0.1) is 0 Å². The Labute approximate surface area is 193 Å². The van der Waals surface area contributed by atoms with Crippen molar-refractivity contribution in [3.63, 3.8) is 0 Å². The molecule has 0 spiro atoms. The molecule has 0 N–H and O–H groups in total. The Balaban J connectivity index is 1.42. The number of aryl methyl sites for hydroxylation is 1. The van der Waals surface area contributed by atoms with Crippen molar-refractivity contribution in [2.24, 2.45) is 0 Å². The molecule has 0 unspecified atom stereocenters. The topological polar surface area (TPSA) is 96.6 Å². The zero-order valence-corrected chi connectivity index (χ0v) is 19.3. The van der Waals surface area contributed by atoms with Crippen LogP contribution in [0.5, 0.6) is 0 Å². The fourth-order valence-electron chi connectivity index (χ4n) is 4.49. The number of hydrogen-bond donors (Lipinski definition) is 0. The highest BCUT2D eigenvalue weighted by Gasteiger charge is 2.30. The van der Waals surface area contributed by atoms with Gasteiger partial charge in [-0.1, -0.05) is 41.6 Å². The Kier molecular flexibility index (Phi) is 5.76. The van der Waals surface area contributed by atoms with Crippen molar-refractivity contribution in [1.82, 2.24) is 19.3 Å². The van der Waals surface area contributed by atoms with E-state index in [0.29, 0.717) is 43.7 Å². The van der Waals surface area contributed by atoms with Crippen LogP contribution in [0.15, 0.2) is 51.9 Å². The lowest BCUT2D eigenvalue weighted by Gasteiger charge is -2.28. The van der Waals surface area contributed by atoms with Gasteiger partial charge in [0.15, 0.2) is 0 Å². The molecule has 1 fully saturated rings. The maximum atomic E-state index is 13.5. The SMILES string of the molecule is Cc1ccc(-c2noc(C(=O)N3CCCCC3)n2)cc1S(=O)(=O)N1CCc2ccccc2C1. The first kappa shape index (κ1) is 21.8. The predicted molar refractivity (Wildman–Crippen MR) is 122 cm³/mol. The zero-order valence-electron chi connectivity index (χ0n) is 18.5. The third-order valence-corrected chi connectivity index (χ3v) is 8.40. The van der Waals surface area contributed by atoms with Crippen LogP contribution in [0.2, 0.25) is 0 Å². The van der Waals surface area contributed by atoms with Gasteiger partial charge in [-0.2, -0.15) is 9.29 Å². The molecule has 0 bridgehead atoms. The van der Waals surface area contributed by atoms with Gasteiger partial charge in [0.2, 0.25) is 15.8 Å². The van der Waals surface area contributed by atoms with E-state index in [1.165, 1.54) is 9.87 Å². The molecule has 5 rings (SSSR count). The second kappa shape index (κ2) is 8.72. The Bertz CT molecular complexity index is 1300. The molecule has 1 saturated heterocycles. The van der Waals surface area contributed by atoms with Gasteiger partial charge in [0.05, 0.1) is 4.90 Å². The van der Waals surface area contributed by atoms with Crippen LogP contribution in [-0.4, -0.2) is 53.3 Å². The van der Waals surface area contributed by atoms with Gasteiger partial charge in [-0.25, -0.2) is 8.42 Å². The summed E-state index contributed by atoms with van der Waals surface area (Å²) in [4.78, 5) is 18.9. The van der Waals surface area contributed by atoms with Crippen molar-refractivity contribution in [3.8, 4) is 11.4 Å². The van der Waals surface area contributed by atoms with E-state index in [-0.39, 0.29) is 22.5 Å². The maximum Gasteiger partial charge on any atom is 0.316 e. The number of fused-ring (bicyclic) bond motifs is 1. The Morgan fingerprint density at radius 3 is 2.55 bits per heavy atom. The van der Waals surface area contributed by atoms with E-state index < -0.39 is 10.0 Å². The van der Waals surface area contributed by atoms with Gasteiger partial charge >= 0.3 is 11.8 Å². The molecule has 8 nitrogen and oxygen atoms in total. The maximum absolute atomic E-state index is 13.5. The second-order valence-electron chi connectivity index (χ2n) is 8.61.